The van der Waals surface area contributed by atoms with Gasteiger partial charge in [0.25, 0.3) is 0 Å². The first kappa shape index (κ1) is 14.2. The van der Waals surface area contributed by atoms with E-state index in [1.165, 1.54) is 64.6 Å². The fourth-order valence-electron chi connectivity index (χ4n) is 4.16. The van der Waals surface area contributed by atoms with Crippen molar-refractivity contribution in [3.63, 3.8) is 0 Å². The molecule has 2 nitrogen and oxygen atoms in total. The van der Waals surface area contributed by atoms with Crippen molar-refractivity contribution in [1.82, 2.24) is 10.2 Å². The lowest BCUT2D eigenvalue weighted by molar-refractivity contribution is 0.124. The van der Waals surface area contributed by atoms with Gasteiger partial charge < -0.3 is 5.32 Å². The lowest BCUT2D eigenvalue weighted by Crippen LogP contribution is -2.53. The molecule has 1 N–H and O–H groups in total. The molecule has 0 spiro atoms. The number of hydrogen-bond donors (Lipinski definition) is 1. The van der Waals surface area contributed by atoms with Crippen molar-refractivity contribution in [2.45, 2.75) is 68.7 Å². The molecule has 0 aromatic heterocycles. The van der Waals surface area contributed by atoms with Gasteiger partial charge in [0.1, 0.15) is 0 Å². The Bertz CT molecular complexity index is 297. The predicted molar refractivity (Wildman–Crippen MR) is 84.9 cm³/mol. The van der Waals surface area contributed by atoms with Crippen LogP contribution in [0.1, 0.15) is 51.9 Å². The minimum Gasteiger partial charge on any atom is -0.310 e. The maximum Gasteiger partial charge on any atom is 0.0308 e. The van der Waals surface area contributed by atoms with Crippen LogP contribution in [0.4, 0.5) is 0 Å². The first-order valence-electron chi connectivity index (χ1n) is 8.23. The third-order valence-corrected chi connectivity index (χ3v) is 6.79. The van der Waals surface area contributed by atoms with Crippen LogP contribution in [0.15, 0.2) is 0 Å². The molecular formula is C16H30N2S. The fourth-order valence-corrected chi connectivity index (χ4v) is 4.91. The van der Waals surface area contributed by atoms with Gasteiger partial charge in [-0.15, -0.1) is 0 Å². The monoisotopic (exact) mass is 282 g/mol. The molecule has 2 aliphatic carbocycles. The van der Waals surface area contributed by atoms with Gasteiger partial charge in [0, 0.05) is 23.4 Å². The molecule has 0 amide bonds. The highest BCUT2D eigenvalue weighted by molar-refractivity contribution is 7.99. The number of rotatable bonds is 3. The first-order valence-corrected chi connectivity index (χ1v) is 9.52. The highest BCUT2D eigenvalue weighted by atomic mass is 32.2. The second-order valence-electron chi connectivity index (χ2n) is 7.11. The molecule has 0 bridgehead atoms. The van der Waals surface area contributed by atoms with E-state index in [-0.39, 0.29) is 0 Å². The lowest BCUT2D eigenvalue weighted by Gasteiger charge is -2.40. The Hall–Kier alpha value is 0.270. The number of hydrogen-bond acceptors (Lipinski definition) is 3. The van der Waals surface area contributed by atoms with Crippen LogP contribution in [0.2, 0.25) is 0 Å². The van der Waals surface area contributed by atoms with E-state index >= 15 is 0 Å². The second-order valence-corrected chi connectivity index (χ2v) is 8.25. The maximum absolute atomic E-state index is 3.86. The standard InChI is InChI=1S/C16H30N2S/c1-16(13-4-5-13)12-18(11-3-10-17-16)14-6-8-15(19-2)9-7-14/h13-15,17H,3-12H2,1-2H3. The summed E-state index contributed by atoms with van der Waals surface area (Å²) in [7, 11) is 0. The molecule has 0 radical (unpaired) electrons. The molecule has 1 heterocycles. The third-order valence-electron chi connectivity index (χ3n) is 5.65. The Kier molecular flexibility index (Phi) is 4.45. The smallest absolute Gasteiger partial charge is 0.0308 e. The van der Waals surface area contributed by atoms with Gasteiger partial charge in [0.15, 0.2) is 0 Å². The summed E-state index contributed by atoms with van der Waals surface area (Å²) in [6.07, 6.45) is 12.3. The van der Waals surface area contributed by atoms with Gasteiger partial charge in [-0.2, -0.15) is 11.8 Å². The van der Waals surface area contributed by atoms with Gasteiger partial charge in [-0.05, 0) is 77.1 Å². The minimum absolute atomic E-state index is 0.410. The Balaban J connectivity index is 1.60. The highest BCUT2D eigenvalue weighted by Crippen LogP contribution is 2.41. The summed E-state index contributed by atoms with van der Waals surface area (Å²) in [5.74, 6) is 0.954. The van der Waals surface area contributed by atoms with E-state index in [2.05, 4.69) is 35.2 Å². The van der Waals surface area contributed by atoms with E-state index in [1.54, 1.807) is 0 Å². The van der Waals surface area contributed by atoms with Crippen LogP contribution in [0.5, 0.6) is 0 Å². The number of thioether (sulfide) groups is 1. The molecule has 0 aromatic carbocycles. The van der Waals surface area contributed by atoms with Crippen LogP contribution in [0.3, 0.4) is 0 Å². The lowest BCUT2D eigenvalue weighted by atomic mass is 9.90. The normalized spacial score (nSPS) is 42.0. The van der Waals surface area contributed by atoms with E-state index in [1.807, 2.05) is 0 Å². The maximum atomic E-state index is 3.86. The molecule has 19 heavy (non-hydrogen) atoms. The molecule has 1 atom stereocenters. The van der Waals surface area contributed by atoms with Gasteiger partial charge >= 0.3 is 0 Å². The van der Waals surface area contributed by atoms with E-state index < -0.39 is 0 Å². The van der Waals surface area contributed by atoms with Crippen molar-refractivity contribution in [3.05, 3.63) is 0 Å². The Morgan fingerprint density at radius 3 is 2.47 bits per heavy atom. The molecule has 110 valence electrons. The zero-order chi connectivity index (χ0) is 13.3. The van der Waals surface area contributed by atoms with Gasteiger partial charge in [0.05, 0.1) is 0 Å². The van der Waals surface area contributed by atoms with Crippen molar-refractivity contribution >= 4 is 11.8 Å². The molecule has 1 unspecified atom stereocenters. The quantitative estimate of drug-likeness (QED) is 0.856. The van der Waals surface area contributed by atoms with Crippen LogP contribution in [0.25, 0.3) is 0 Å². The molecule has 3 aliphatic rings. The SMILES string of the molecule is CSC1CCC(N2CCCNC(C)(C3CC3)C2)CC1. The Labute approximate surface area is 123 Å². The number of nitrogens with zero attached hydrogens (tertiary/aromatic N) is 1. The summed E-state index contributed by atoms with van der Waals surface area (Å²) >= 11 is 2.08. The Morgan fingerprint density at radius 1 is 1.11 bits per heavy atom. The molecular weight excluding hydrogens is 252 g/mol. The average Bonchev–Trinajstić information content (AvgIpc) is 3.26. The van der Waals surface area contributed by atoms with Gasteiger partial charge in [-0.1, -0.05) is 0 Å². The molecule has 1 saturated heterocycles. The molecule has 3 heteroatoms. The summed E-state index contributed by atoms with van der Waals surface area (Å²) in [4.78, 5) is 2.84. The van der Waals surface area contributed by atoms with Crippen LogP contribution in [0, 0.1) is 5.92 Å². The van der Waals surface area contributed by atoms with Crippen LogP contribution < -0.4 is 5.32 Å². The summed E-state index contributed by atoms with van der Waals surface area (Å²) in [6.45, 7) is 6.33. The van der Waals surface area contributed by atoms with Gasteiger partial charge in [-0.3, -0.25) is 4.90 Å². The fraction of sp³-hybridized carbons (Fsp3) is 1.00. The van der Waals surface area contributed by atoms with E-state index in [4.69, 9.17) is 0 Å². The van der Waals surface area contributed by atoms with E-state index in [0.717, 1.165) is 17.2 Å². The molecule has 1 aliphatic heterocycles. The summed E-state index contributed by atoms with van der Waals surface area (Å²) in [6, 6.07) is 0.876. The molecule has 3 rings (SSSR count). The first-order chi connectivity index (χ1) is 9.21. The Morgan fingerprint density at radius 2 is 1.84 bits per heavy atom. The average molecular weight is 282 g/mol. The molecule has 3 fully saturated rings. The van der Waals surface area contributed by atoms with Crippen LogP contribution in [-0.2, 0) is 0 Å². The van der Waals surface area contributed by atoms with Crippen LogP contribution in [-0.4, -0.2) is 47.6 Å². The van der Waals surface area contributed by atoms with Crippen molar-refractivity contribution in [3.8, 4) is 0 Å². The predicted octanol–water partition coefficient (Wildman–Crippen LogP) is 3.12. The topological polar surface area (TPSA) is 15.3 Å². The van der Waals surface area contributed by atoms with Crippen molar-refractivity contribution in [1.29, 1.82) is 0 Å². The summed E-state index contributed by atoms with van der Waals surface area (Å²) < 4.78 is 0. The largest absolute Gasteiger partial charge is 0.310 e. The molecule has 2 saturated carbocycles. The van der Waals surface area contributed by atoms with Gasteiger partial charge in [-0.25, -0.2) is 0 Å². The second kappa shape index (κ2) is 5.95. The van der Waals surface area contributed by atoms with E-state index in [0.29, 0.717) is 5.54 Å². The van der Waals surface area contributed by atoms with Crippen molar-refractivity contribution in [2.24, 2.45) is 5.92 Å². The summed E-state index contributed by atoms with van der Waals surface area (Å²) in [5, 5.41) is 4.80. The summed E-state index contributed by atoms with van der Waals surface area (Å²) in [5.41, 5.74) is 0.410. The van der Waals surface area contributed by atoms with Crippen LogP contribution >= 0.6 is 11.8 Å². The zero-order valence-corrected chi connectivity index (χ0v) is 13.5. The highest BCUT2D eigenvalue weighted by Gasteiger charge is 2.44. The van der Waals surface area contributed by atoms with Crippen molar-refractivity contribution in [2.75, 3.05) is 25.9 Å². The molecule has 0 aromatic rings. The third kappa shape index (κ3) is 3.30. The van der Waals surface area contributed by atoms with Gasteiger partial charge in [0.2, 0.25) is 0 Å². The van der Waals surface area contributed by atoms with E-state index in [9.17, 15) is 0 Å². The van der Waals surface area contributed by atoms with Crippen molar-refractivity contribution < 1.29 is 0 Å². The minimum atomic E-state index is 0.410. The zero-order valence-electron chi connectivity index (χ0n) is 12.7. The number of nitrogens with one attached hydrogen (secondary N) is 1.